The van der Waals surface area contributed by atoms with E-state index >= 15 is 0 Å². The molecule has 39 heavy (non-hydrogen) atoms. The fraction of sp³-hybridized carbons (Fsp3) is 0.419. The van der Waals surface area contributed by atoms with E-state index in [9.17, 15) is 9.59 Å². The average molecular weight is 598 g/mol. The van der Waals surface area contributed by atoms with Crippen LogP contribution in [0.1, 0.15) is 49.9 Å². The molecule has 210 valence electrons. The molecule has 1 N–H and O–H groups in total. The third-order valence-corrected chi connectivity index (χ3v) is 7.01. The first-order valence-electron chi connectivity index (χ1n) is 13.8. The highest BCUT2D eigenvalue weighted by atomic mass is 79.9. The predicted octanol–water partition coefficient (Wildman–Crippen LogP) is 6.70. The SMILES string of the molecule is CCCCN(Cc1cccn1Cc1ccc(Br)cc1)C(=O)CN(CCCOCC)C(=O)Nc1cccc(C)c1. The van der Waals surface area contributed by atoms with E-state index in [0.29, 0.717) is 39.3 Å². The Labute approximate surface area is 241 Å². The van der Waals surface area contributed by atoms with Gasteiger partial charge in [0.2, 0.25) is 5.91 Å². The Kier molecular flexibility index (Phi) is 12.6. The van der Waals surface area contributed by atoms with Gasteiger partial charge in [-0.1, -0.05) is 53.5 Å². The third kappa shape index (κ3) is 10.2. The summed E-state index contributed by atoms with van der Waals surface area (Å²) in [6, 6.07) is 19.8. The predicted molar refractivity (Wildman–Crippen MR) is 161 cm³/mol. The molecular formula is C31H41BrN4O3. The number of nitrogens with zero attached hydrogens (tertiary/aromatic N) is 3. The number of hydrogen-bond donors (Lipinski definition) is 1. The summed E-state index contributed by atoms with van der Waals surface area (Å²) in [5, 5.41) is 2.97. The van der Waals surface area contributed by atoms with E-state index in [-0.39, 0.29) is 18.5 Å². The second-order valence-corrected chi connectivity index (χ2v) is 10.6. The van der Waals surface area contributed by atoms with E-state index in [1.54, 1.807) is 4.90 Å². The largest absolute Gasteiger partial charge is 0.382 e. The van der Waals surface area contributed by atoms with Crippen molar-refractivity contribution in [2.75, 3.05) is 38.2 Å². The molecule has 0 atom stereocenters. The van der Waals surface area contributed by atoms with Crippen molar-refractivity contribution < 1.29 is 14.3 Å². The molecule has 0 spiro atoms. The number of unbranched alkanes of at least 4 members (excludes halogenated alkanes) is 1. The number of aryl methyl sites for hydroxylation is 1. The molecule has 2 aromatic carbocycles. The molecule has 0 saturated carbocycles. The van der Waals surface area contributed by atoms with Gasteiger partial charge in [0.15, 0.2) is 0 Å². The first-order valence-corrected chi connectivity index (χ1v) is 14.6. The zero-order valence-corrected chi connectivity index (χ0v) is 25.0. The van der Waals surface area contributed by atoms with Gasteiger partial charge in [-0.3, -0.25) is 4.79 Å². The number of benzene rings is 2. The van der Waals surface area contributed by atoms with Gasteiger partial charge in [0.25, 0.3) is 0 Å². The summed E-state index contributed by atoms with van der Waals surface area (Å²) < 4.78 is 8.71. The van der Waals surface area contributed by atoms with Crippen molar-refractivity contribution in [3.05, 3.63) is 88.2 Å². The number of halogens is 1. The van der Waals surface area contributed by atoms with Crippen LogP contribution in [0.15, 0.2) is 71.3 Å². The maximum atomic E-state index is 13.7. The molecule has 0 fully saturated rings. The van der Waals surface area contributed by atoms with Gasteiger partial charge in [0, 0.05) is 54.9 Å². The van der Waals surface area contributed by atoms with Crippen LogP contribution in [-0.4, -0.2) is 59.2 Å². The van der Waals surface area contributed by atoms with Crippen molar-refractivity contribution in [3.63, 3.8) is 0 Å². The Bertz CT molecular complexity index is 1180. The number of carbonyl (C=O) groups is 2. The lowest BCUT2D eigenvalue weighted by molar-refractivity contribution is -0.132. The second kappa shape index (κ2) is 16.1. The van der Waals surface area contributed by atoms with Crippen LogP contribution in [0, 0.1) is 6.92 Å². The quantitative estimate of drug-likeness (QED) is 0.199. The van der Waals surface area contributed by atoms with E-state index in [2.05, 4.69) is 57.1 Å². The summed E-state index contributed by atoms with van der Waals surface area (Å²) in [7, 11) is 0. The van der Waals surface area contributed by atoms with Gasteiger partial charge in [0.05, 0.1) is 6.54 Å². The van der Waals surface area contributed by atoms with E-state index in [0.717, 1.165) is 40.8 Å². The fourth-order valence-electron chi connectivity index (χ4n) is 4.31. The van der Waals surface area contributed by atoms with Crippen molar-refractivity contribution >= 4 is 33.6 Å². The summed E-state index contributed by atoms with van der Waals surface area (Å²) in [5.41, 5.74) is 4.03. The molecule has 0 radical (unpaired) electrons. The number of urea groups is 1. The van der Waals surface area contributed by atoms with Crippen molar-refractivity contribution in [1.29, 1.82) is 0 Å². The molecule has 3 rings (SSSR count). The van der Waals surface area contributed by atoms with E-state index in [1.807, 2.05) is 61.2 Å². The first kappa shape index (κ1) is 30.4. The molecule has 0 saturated heterocycles. The van der Waals surface area contributed by atoms with Crippen LogP contribution >= 0.6 is 15.9 Å². The van der Waals surface area contributed by atoms with Gasteiger partial charge in [-0.05, 0) is 74.2 Å². The summed E-state index contributed by atoms with van der Waals surface area (Å²) in [6.07, 6.45) is 4.59. The topological polar surface area (TPSA) is 66.8 Å². The Morgan fingerprint density at radius 3 is 2.46 bits per heavy atom. The number of carbonyl (C=O) groups excluding carboxylic acids is 2. The number of amides is 3. The van der Waals surface area contributed by atoms with E-state index in [4.69, 9.17) is 4.74 Å². The summed E-state index contributed by atoms with van der Waals surface area (Å²) in [6.45, 7) is 9.54. The van der Waals surface area contributed by atoms with Crippen molar-refractivity contribution in [2.24, 2.45) is 0 Å². The maximum absolute atomic E-state index is 13.7. The number of aromatic nitrogens is 1. The molecule has 3 aromatic rings. The molecule has 3 amide bonds. The zero-order valence-electron chi connectivity index (χ0n) is 23.4. The number of nitrogens with one attached hydrogen (secondary N) is 1. The standard InChI is InChI=1S/C31H41BrN4O3/c1-4-6-17-35(23-29-12-8-18-34(29)22-26-13-15-27(32)16-14-26)30(37)24-36(19-9-20-39-5-2)31(38)33-28-11-7-10-25(3)21-28/h7-8,10-16,18,21H,4-6,9,17,19-20,22-24H2,1-3H3,(H,33,38). The van der Waals surface area contributed by atoms with Crippen molar-refractivity contribution in [3.8, 4) is 0 Å². The lowest BCUT2D eigenvalue weighted by Crippen LogP contribution is -2.45. The summed E-state index contributed by atoms with van der Waals surface area (Å²) in [5.74, 6) is -0.0596. The smallest absolute Gasteiger partial charge is 0.322 e. The van der Waals surface area contributed by atoms with Crippen LogP contribution < -0.4 is 5.32 Å². The highest BCUT2D eigenvalue weighted by molar-refractivity contribution is 9.10. The van der Waals surface area contributed by atoms with Crippen LogP contribution in [0.25, 0.3) is 0 Å². The van der Waals surface area contributed by atoms with Gasteiger partial charge in [-0.2, -0.15) is 0 Å². The van der Waals surface area contributed by atoms with Gasteiger partial charge in [-0.25, -0.2) is 4.79 Å². The Balaban J connectivity index is 1.72. The lowest BCUT2D eigenvalue weighted by Gasteiger charge is -2.28. The molecule has 7 nitrogen and oxygen atoms in total. The number of hydrogen-bond acceptors (Lipinski definition) is 3. The van der Waals surface area contributed by atoms with Crippen LogP contribution in [-0.2, 0) is 22.6 Å². The molecule has 0 aliphatic carbocycles. The Morgan fingerprint density at radius 2 is 1.74 bits per heavy atom. The normalized spacial score (nSPS) is 10.9. The Morgan fingerprint density at radius 1 is 0.974 bits per heavy atom. The minimum atomic E-state index is -0.278. The molecule has 1 aromatic heterocycles. The summed E-state index contributed by atoms with van der Waals surface area (Å²) >= 11 is 3.49. The van der Waals surface area contributed by atoms with Gasteiger partial charge >= 0.3 is 6.03 Å². The minimum absolute atomic E-state index is 0.0148. The monoisotopic (exact) mass is 596 g/mol. The molecule has 0 aliphatic heterocycles. The van der Waals surface area contributed by atoms with Crippen LogP contribution in [0.2, 0.25) is 0 Å². The second-order valence-electron chi connectivity index (χ2n) is 9.69. The average Bonchev–Trinajstić information content (AvgIpc) is 3.35. The van der Waals surface area contributed by atoms with Crippen molar-refractivity contribution in [2.45, 2.75) is 53.1 Å². The number of anilines is 1. The fourth-order valence-corrected chi connectivity index (χ4v) is 4.58. The van der Waals surface area contributed by atoms with Crippen molar-refractivity contribution in [1.82, 2.24) is 14.4 Å². The van der Waals surface area contributed by atoms with Crippen LogP contribution in [0.4, 0.5) is 10.5 Å². The lowest BCUT2D eigenvalue weighted by atomic mass is 10.2. The molecular weight excluding hydrogens is 556 g/mol. The zero-order chi connectivity index (χ0) is 28.0. The summed E-state index contributed by atoms with van der Waals surface area (Å²) in [4.78, 5) is 30.4. The minimum Gasteiger partial charge on any atom is -0.382 e. The molecule has 1 heterocycles. The van der Waals surface area contributed by atoms with Gasteiger partial charge in [0.1, 0.15) is 6.54 Å². The van der Waals surface area contributed by atoms with Gasteiger partial charge < -0.3 is 24.4 Å². The van der Waals surface area contributed by atoms with Crippen LogP contribution in [0.3, 0.4) is 0 Å². The highest BCUT2D eigenvalue weighted by Gasteiger charge is 2.22. The maximum Gasteiger partial charge on any atom is 0.322 e. The Hall–Kier alpha value is -3.10. The van der Waals surface area contributed by atoms with Crippen LogP contribution in [0.5, 0.6) is 0 Å². The highest BCUT2D eigenvalue weighted by Crippen LogP contribution is 2.16. The number of ether oxygens (including phenoxy) is 1. The number of rotatable bonds is 15. The van der Waals surface area contributed by atoms with E-state index < -0.39 is 0 Å². The van der Waals surface area contributed by atoms with E-state index in [1.165, 1.54) is 5.56 Å². The third-order valence-electron chi connectivity index (χ3n) is 6.48. The molecule has 0 unspecified atom stereocenters. The molecule has 0 bridgehead atoms. The molecule has 8 heteroatoms. The molecule has 0 aliphatic rings. The van der Waals surface area contributed by atoms with Gasteiger partial charge in [-0.15, -0.1) is 0 Å². The first-order chi connectivity index (χ1) is 18.9.